The second-order valence-corrected chi connectivity index (χ2v) is 9.45. The van der Waals surface area contributed by atoms with Crippen LogP contribution in [0.1, 0.15) is 25.8 Å². The van der Waals surface area contributed by atoms with Crippen LogP contribution in [0.4, 0.5) is 5.69 Å². The zero-order chi connectivity index (χ0) is 21.5. The van der Waals surface area contributed by atoms with Crippen LogP contribution in [0.25, 0.3) is 0 Å². The molecule has 1 aromatic heterocycles. The first kappa shape index (κ1) is 20.2. The zero-order valence-corrected chi connectivity index (χ0v) is 17.5. The van der Waals surface area contributed by atoms with Crippen molar-refractivity contribution < 1.29 is 18.0 Å². The van der Waals surface area contributed by atoms with Crippen molar-refractivity contribution in [3.05, 3.63) is 54.4 Å². The molecule has 2 aliphatic heterocycles. The Morgan fingerprint density at radius 2 is 1.80 bits per heavy atom. The van der Waals surface area contributed by atoms with Crippen molar-refractivity contribution in [1.29, 1.82) is 0 Å². The van der Waals surface area contributed by atoms with E-state index < -0.39 is 27.9 Å². The van der Waals surface area contributed by atoms with Crippen molar-refractivity contribution >= 4 is 33.2 Å². The van der Waals surface area contributed by atoms with Crippen LogP contribution in [0.5, 0.6) is 0 Å². The Bertz CT molecular complexity index is 1130. The Hall–Kier alpha value is -3.07. The van der Waals surface area contributed by atoms with Crippen LogP contribution >= 0.6 is 0 Å². The molecule has 4 rings (SSSR count). The van der Waals surface area contributed by atoms with E-state index in [0.29, 0.717) is 12.1 Å². The molecule has 9 heteroatoms. The van der Waals surface area contributed by atoms with Gasteiger partial charge in [-0.3, -0.25) is 14.6 Å². The number of likely N-dealkylation sites (tertiary alicyclic amines) is 1. The van der Waals surface area contributed by atoms with E-state index in [0.717, 1.165) is 5.56 Å². The fraction of sp³-hybridized carbons (Fsp3) is 0.333. The van der Waals surface area contributed by atoms with E-state index in [4.69, 9.17) is 0 Å². The number of rotatable bonds is 5. The maximum Gasteiger partial charge on any atom is 0.286 e. The van der Waals surface area contributed by atoms with Gasteiger partial charge in [-0.25, -0.2) is 0 Å². The van der Waals surface area contributed by atoms with Crippen LogP contribution in [-0.4, -0.2) is 41.9 Å². The molecule has 2 atom stereocenters. The standard InChI is InChI=1S/C21H22N4O4S/c1-13(2)11-16-19(26)18(21(27)25(16)12-14-7-9-22-10-8-14)20-23-15-5-3-4-6-17(15)30(28,29)24-20/h3-10,13,16,18H,11-12H2,1-2H3,(H,23,24)/t16-,18?/m0/s1. The molecule has 1 unspecified atom stereocenters. The number of carbonyl (C=O) groups is 2. The van der Waals surface area contributed by atoms with Crippen LogP contribution < -0.4 is 5.32 Å². The van der Waals surface area contributed by atoms with Gasteiger partial charge in [-0.15, -0.1) is 4.40 Å². The number of aromatic nitrogens is 1. The third-order valence-electron chi connectivity index (χ3n) is 5.24. The number of nitrogens with one attached hydrogen (secondary N) is 1. The van der Waals surface area contributed by atoms with E-state index in [1.54, 1.807) is 42.7 Å². The smallest absolute Gasteiger partial charge is 0.286 e. The number of sulfonamides is 1. The molecule has 3 heterocycles. The maximum atomic E-state index is 13.3. The van der Waals surface area contributed by atoms with Crippen molar-refractivity contribution in [2.24, 2.45) is 16.2 Å². The Balaban J connectivity index is 1.71. The molecule has 0 spiro atoms. The van der Waals surface area contributed by atoms with Gasteiger partial charge in [0.1, 0.15) is 10.7 Å². The second-order valence-electron chi connectivity index (χ2n) is 7.88. The molecule has 1 N–H and O–H groups in total. The molecule has 0 saturated carbocycles. The first-order valence-corrected chi connectivity index (χ1v) is 11.2. The number of fused-ring (bicyclic) bond motifs is 1. The fourth-order valence-electron chi connectivity index (χ4n) is 3.86. The molecule has 1 saturated heterocycles. The lowest BCUT2D eigenvalue weighted by atomic mass is 9.95. The number of benzene rings is 1. The summed E-state index contributed by atoms with van der Waals surface area (Å²) in [5.41, 5.74) is 1.16. The van der Waals surface area contributed by atoms with Gasteiger partial charge in [0.05, 0.1) is 11.7 Å². The average molecular weight is 426 g/mol. The van der Waals surface area contributed by atoms with Gasteiger partial charge in [0, 0.05) is 18.9 Å². The number of Topliss-reactive ketones (excluding diaryl/α,β-unsaturated/α-hetero) is 1. The first-order valence-electron chi connectivity index (χ1n) is 9.72. The van der Waals surface area contributed by atoms with E-state index in [1.165, 1.54) is 11.0 Å². The number of hydrogen-bond donors (Lipinski definition) is 1. The molecule has 1 fully saturated rings. The van der Waals surface area contributed by atoms with E-state index in [9.17, 15) is 18.0 Å². The molecule has 8 nitrogen and oxygen atoms in total. The second kappa shape index (κ2) is 7.64. The minimum Gasteiger partial charge on any atom is -0.341 e. The number of ketones is 1. The summed E-state index contributed by atoms with van der Waals surface area (Å²) in [6, 6.07) is 9.24. The maximum absolute atomic E-state index is 13.3. The van der Waals surface area contributed by atoms with E-state index in [1.807, 2.05) is 13.8 Å². The summed E-state index contributed by atoms with van der Waals surface area (Å²) in [4.78, 5) is 32.1. The number of carbonyl (C=O) groups excluding carboxylic acids is 2. The summed E-state index contributed by atoms with van der Waals surface area (Å²) in [6.07, 6.45) is 3.74. The number of hydrogen-bond acceptors (Lipinski definition) is 6. The van der Waals surface area contributed by atoms with Gasteiger partial charge in [-0.05, 0) is 42.2 Å². The molecule has 30 heavy (non-hydrogen) atoms. The van der Waals surface area contributed by atoms with Crippen molar-refractivity contribution in [3.8, 4) is 0 Å². The van der Waals surface area contributed by atoms with Crippen LogP contribution in [0.15, 0.2) is 58.1 Å². The summed E-state index contributed by atoms with van der Waals surface area (Å²) in [5.74, 6) is -1.99. The molecule has 1 aromatic carbocycles. The Kier molecular flexibility index (Phi) is 5.15. The van der Waals surface area contributed by atoms with Crippen LogP contribution in [-0.2, 0) is 26.2 Å². The van der Waals surface area contributed by atoms with Gasteiger partial charge in [0.2, 0.25) is 5.91 Å². The van der Waals surface area contributed by atoms with Gasteiger partial charge in [-0.1, -0.05) is 26.0 Å². The molecule has 2 aromatic rings. The summed E-state index contributed by atoms with van der Waals surface area (Å²) in [6.45, 7) is 4.21. The lowest BCUT2D eigenvalue weighted by Gasteiger charge is -2.25. The monoisotopic (exact) mass is 426 g/mol. The summed E-state index contributed by atoms with van der Waals surface area (Å²) in [7, 11) is -4.00. The van der Waals surface area contributed by atoms with Gasteiger partial charge in [0.15, 0.2) is 11.7 Å². The normalized spacial score (nSPS) is 22.6. The summed E-state index contributed by atoms with van der Waals surface area (Å²) in [5, 5.41) is 2.91. The number of para-hydroxylation sites is 1. The predicted molar refractivity (Wildman–Crippen MR) is 111 cm³/mol. The minimum absolute atomic E-state index is 0.0269. The minimum atomic E-state index is -4.00. The first-order chi connectivity index (χ1) is 14.3. The van der Waals surface area contributed by atoms with Gasteiger partial charge in [-0.2, -0.15) is 8.42 Å². The SMILES string of the molecule is CC(C)C[C@H]1C(=O)C(C2=NS(=O)(=O)c3ccccc3N2)C(=O)N1Cc1ccncc1. The van der Waals surface area contributed by atoms with Crippen LogP contribution in [0.2, 0.25) is 0 Å². The zero-order valence-electron chi connectivity index (χ0n) is 16.6. The Labute approximate surface area is 175 Å². The summed E-state index contributed by atoms with van der Waals surface area (Å²) >= 11 is 0. The predicted octanol–water partition coefficient (Wildman–Crippen LogP) is 2.24. The Morgan fingerprint density at radius 1 is 1.10 bits per heavy atom. The lowest BCUT2D eigenvalue weighted by Crippen LogP contribution is -2.37. The van der Waals surface area contributed by atoms with Crippen molar-refractivity contribution in [2.45, 2.75) is 37.8 Å². The summed E-state index contributed by atoms with van der Waals surface area (Å²) < 4.78 is 29.0. The number of pyridine rings is 1. The van der Waals surface area contributed by atoms with E-state index >= 15 is 0 Å². The quantitative estimate of drug-likeness (QED) is 0.735. The van der Waals surface area contributed by atoms with E-state index in [2.05, 4.69) is 14.7 Å². The molecular formula is C21H22N4O4S. The number of amidine groups is 1. The molecule has 2 aliphatic rings. The van der Waals surface area contributed by atoms with Gasteiger partial charge >= 0.3 is 0 Å². The van der Waals surface area contributed by atoms with Gasteiger partial charge < -0.3 is 10.2 Å². The Morgan fingerprint density at radius 3 is 2.50 bits per heavy atom. The van der Waals surface area contributed by atoms with Gasteiger partial charge in [0.25, 0.3) is 10.0 Å². The topological polar surface area (TPSA) is 109 Å². The molecular weight excluding hydrogens is 404 g/mol. The van der Waals surface area contributed by atoms with Crippen molar-refractivity contribution in [1.82, 2.24) is 9.88 Å². The third kappa shape index (κ3) is 3.60. The highest BCUT2D eigenvalue weighted by Gasteiger charge is 2.50. The number of nitrogens with zero attached hydrogens (tertiary/aromatic N) is 3. The highest BCUT2D eigenvalue weighted by Crippen LogP contribution is 2.33. The molecule has 156 valence electrons. The fourth-order valence-corrected chi connectivity index (χ4v) is 5.02. The lowest BCUT2D eigenvalue weighted by molar-refractivity contribution is -0.131. The highest BCUT2D eigenvalue weighted by atomic mass is 32.2. The molecule has 0 aliphatic carbocycles. The van der Waals surface area contributed by atoms with Crippen molar-refractivity contribution in [2.75, 3.05) is 5.32 Å². The third-order valence-corrected chi connectivity index (χ3v) is 6.58. The number of amides is 1. The van der Waals surface area contributed by atoms with Crippen molar-refractivity contribution in [3.63, 3.8) is 0 Å². The van der Waals surface area contributed by atoms with Crippen LogP contribution in [0, 0.1) is 11.8 Å². The average Bonchev–Trinajstić information content (AvgIpc) is 2.92. The largest absolute Gasteiger partial charge is 0.341 e. The molecule has 1 amide bonds. The van der Waals surface area contributed by atoms with Crippen LogP contribution in [0.3, 0.4) is 0 Å². The van der Waals surface area contributed by atoms with E-state index in [-0.39, 0.29) is 29.0 Å². The highest BCUT2D eigenvalue weighted by molar-refractivity contribution is 7.90. The molecule has 0 radical (unpaired) electrons. The number of anilines is 1. The molecule has 0 bridgehead atoms.